The molecule has 0 N–H and O–H groups in total. The van der Waals surface area contributed by atoms with Crippen molar-refractivity contribution in [3.8, 4) is 17.2 Å². The van der Waals surface area contributed by atoms with Crippen molar-refractivity contribution in [1.29, 1.82) is 0 Å². The molecule has 0 fully saturated rings. The van der Waals surface area contributed by atoms with Crippen molar-refractivity contribution in [1.82, 2.24) is 15.2 Å². The molecule has 6 heteroatoms. The summed E-state index contributed by atoms with van der Waals surface area (Å²) in [5.41, 5.74) is 4.15. The van der Waals surface area contributed by atoms with E-state index in [2.05, 4.69) is 15.2 Å². The number of aryl methyl sites for hydroxylation is 1. The van der Waals surface area contributed by atoms with E-state index in [0.29, 0.717) is 17.7 Å². The average Bonchev–Trinajstić information content (AvgIpc) is 3.21. The Hall–Kier alpha value is -3.12. The van der Waals surface area contributed by atoms with Crippen molar-refractivity contribution in [2.24, 2.45) is 0 Å². The first-order valence-corrected chi connectivity index (χ1v) is 9.90. The lowest BCUT2D eigenvalue weighted by atomic mass is 10.1. The summed E-state index contributed by atoms with van der Waals surface area (Å²) >= 11 is 1.52. The minimum atomic E-state index is 0.457. The standard InChI is InChI=1S/C22H19N3O2S/c1-16-6-2-3-8-20(16)21-24-25-22(27-21)28-15-17-9-11-19(12-10-17)26-14-18-7-4-5-13-23-18/h2-13H,14-15H2,1H3. The number of thioether (sulfide) groups is 1. The third-order valence-electron chi connectivity index (χ3n) is 4.18. The Balaban J connectivity index is 1.32. The van der Waals surface area contributed by atoms with E-state index in [1.165, 1.54) is 11.8 Å². The predicted octanol–water partition coefficient (Wildman–Crippen LogP) is 5.31. The highest BCUT2D eigenvalue weighted by molar-refractivity contribution is 7.98. The van der Waals surface area contributed by atoms with E-state index < -0.39 is 0 Å². The van der Waals surface area contributed by atoms with Crippen molar-refractivity contribution >= 4 is 11.8 Å². The number of ether oxygens (including phenoxy) is 1. The molecule has 140 valence electrons. The van der Waals surface area contributed by atoms with E-state index in [1.54, 1.807) is 6.20 Å². The molecule has 4 rings (SSSR count). The van der Waals surface area contributed by atoms with Gasteiger partial charge in [-0.15, -0.1) is 10.2 Å². The van der Waals surface area contributed by atoms with Gasteiger partial charge in [-0.05, 0) is 48.4 Å². The maximum absolute atomic E-state index is 5.79. The number of hydrogen-bond donors (Lipinski definition) is 0. The van der Waals surface area contributed by atoms with Crippen molar-refractivity contribution in [2.75, 3.05) is 0 Å². The molecule has 0 atom stereocenters. The molecule has 28 heavy (non-hydrogen) atoms. The molecule has 0 amide bonds. The fourth-order valence-electron chi connectivity index (χ4n) is 2.66. The molecule has 0 aliphatic rings. The Bertz CT molecular complexity index is 1030. The summed E-state index contributed by atoms with van der Waals surface area (Å²) in [6.45, 7) is 2.49. The monoisotopic (exact) mass is 389 g/mol. The van der Waals surface area contributed by atoms with Crippen LogP contribution in [0.25, 0.3) is 11.5 Å². The van der Waals surface area contributed by atoms with Gasteiger partial charge in [0.15, 0.2) is 0 Å². The van der Waals surface area contributed by atoms with E-state index in [-0.39, 0.29) is 0 Å². The number of hydrogen-bond acceptors (Lipinski definition) is 6. The highest BCUT2D eigenvalue weighted by Gasteiger charge is 2.11. The molecule has 0 aliphatic heterocycles. The summed E-state index contributed by atoms with van der Waals surface area (Å²) in [5.74, 6) is 2.12. The Morgan fingerprint density at radius 1 is 0.929 bits per heavy atom. The highest BCUT2D eigenvalue weighted by atomic mass is 32.2. The summed E-state index contributed by atoms with van der Waals surface area (Å²) in [4.78, 5) is 4.25. The van der Waals surface area contributed by atoms with E-state index in [0.717, 1.165) is 33.9 Å². The zero-order valence-electron chi connectivity index (χ0n) is 15.4. The maximum Gasteiger partial charge on any atom is 0.277 e. The van der Waals surface area contributed by atoms with Crippen LogP contribution >= 0.6 is 11.8 Å². The fraction of sp³-hybridized carbons (Fsp3) is 0.136. The summed E-state index contributed by atoms with van der Waals surface area (Å²) in [7, 11) is 0. The molecule has 0 radical (unpaired) electrons. The van der Waals surface area contributed by atoms with Crippen LogP contribution in [-0.2, 0) is 12.4 Å². The number of pyridine rings is 1. The van der Waals surface area contributed by atoms with Crippen LogP contribution in [0.3, 0.4) is 0 Å². The first-order chi connectivity index (χ1) is 13.8. The Kier molecular flexibility index (Phi) is 5.68. The fourth-order valence-corrected chi connectivity index (χ4v) is 3.38. The number of aromatic nitrogens is 3. The minimum Gasteiger partial charge on any atom is -0.487 e. The molecule has 0 unspecified atom stereocenters. The molecule has 4 aromatic rings. The largest absolute Gasteiger partial charge is 0.487 e. The van der Waals surface area contributed by atoms with Gasteiger partial charge in [-0.25, -0.2) is 0 Å². The van der Waals surface area contributed by atoms with Crippen LogP contribution in [0.1, 0.15) is 16.8 Å². The van der Waals surface area contributed by atoms with Crippen LogP contribution in [-0.4, -0.2) is 15.2 Å². The Labute approximate surface area is 167 Å². The molecule has 5 nitrogen and oxygen atoms in total. The average molecular weight is 389 g/mol. The number of rotatable bonds is 7. The molecular formula is C22H19N3O2S. The van der Waals surface area contributed by atoms with Crippen molar-refractivity contribution < 1.29 is 9.15 Å². The van der Waals surface area contributed by atoms with E-state index in [9.17, 15) is 0 Å². The first-order valence-electron chi connectivity index (χ1n) is 8.92. The van der Waals surface area contributed by atoms with Gasteiger partial charge in [0, 0.05) is 17.5 Å². The molecule has 0 spiro atoms. The molecule has 0 saturated heterocycles. The SMILES string of the molecule is Cc1ccccc1-c1nnc(SCc2ccc(OCc3ccccn3)cc2)o1. The molecule has 0 aliphatic carbocycles. The van der Waals surface area contributed by atoms with Crippen LogP contribution in [0.5, 0.6) is 5.75 Å². The van der Waals surface area contributed by atoms with Gasteiger partial charge in [-0.3, -0.25) is 4.98 Å². The van der Waals surface area contributed by atoms with Crippen LogP contribution < -0.4 is 4.74 Å². The quantitative estimate of drug-likeness (QED) is 0.399. The summed E-state index contributed by atoms with van der Waals surface area (Å²) < 4.78 is 11.6. The summed E-state index contributed by atoms with van der Waals surface area (Å²) in [5, 5.41) is 8.87. The lowest BCUT2D eigenvalue weighted by Crippen LogP contribution is -1.97. The Morgan fingerprint density at radius 3 is 2.54 bits per heavy atom. The van der Waals surface area contributed by atoms with E-state index >= 15 is 0 Å². The lowest BCUT2D eigenvalue weighted by Gasteiger charge is -2.06. The van der Waals surface area contributed by atoms with Gasteiger partial charge in [0.2, 0.25) is 5.89 Å². The third kappa shape index (κ3) is 4.58. The van der Waals surface area contributed by atoms with Gasteiger partial charge in [-0.2, -0.15) is 0 Å². The third-order valence-corrected chi connectivity index (χ3v) is 5.07. The van der Waals surface area contributed by atoms with E-state index in [1.807, 2.05) is 73.7 Å². The molecule has 2 heterocycles. The van der Waals surface area contributed by atoms with Crippen molar-refractivity contribution in [3.05, 3.63) is 89.7 Å². The molecule has 0 saturated carbocycles. The zero-order valence-corrected chi connectivity index (χ0v) is 16.2. The normalized spacial score (nSPS) is 10.8. The molecule has 2 aromatic heterocycles. The van der Waals surface area contributed by atoms with Gasteiger partial charge < -0.3 is 9.15 Å². The van der Waals surface area contributed by atoms with Gasteiger partial charge in [0.1, 0.15) is 12.4 Å². The molecular weight excluding hydrogens is 370 g/mol. The van der Waals surface area contributed by atoms with Gasteiger partial charge in [0.25, 0.3) is 5.22 Å². The smallest absolute Gasteiger partial charge is 0.277 e. The topological polar surface area (TPSA) is 61.0 Å². The molecule has 2 aromatic carbocycles. The van der Waals surface area contributed by atoms with E-state index in [4.69, 9.17) is 9.15 Å². The van der Waals surface area contributed by atoms with Crippen LogP contribution in [0.2, 0.25) is 0 Å². The second-order valence-electron chi connectivity index (χ2n) is 6.23. The Morgan fingerprint density at radius 2 is 1.75 bits per heavy atom. The van der Waals surface area contributed by atoms with Crippen LogP contribution in [0.4, 0.5) is 0 Å². The highest BCUT2D eigenvalue weighted by Crippen LogP contribution is 2.27. The number of nitrogens with zero attached hydrogens (tertiary/aromatic N) is 3. The zero-order chi connectivity index (χ0) is 19.2. The summed E-state index contributed by atoms with van der Waals surface area (Å²) in [6, 6.07) is 21.8. The van der Waals surface area contributed by atoms with Gasteiger partial charge in [0.05, 0.1) is 5.69 Å². The first kappa shape index (κ1) is 18.3. The predicted molar refractivity (Wildman–Crippen MR) is 109 cm³/mol. The van der Waals surface area contributed by atoms with Crippen molar-refractivity contribution in [2.45, 2.75) is 24.5 Å². The van der Waals surface area contributed by atoms with Crippen molar-refractivity contribution in [3.63, 3.8) is 0 Å². The second-order valence-corrected chi connectivity index (χ2v) is 7.16. The molecule has 0 bridgehead atoms. The van der Waals surface area contributed by atoms with Crippen LogP contribution in [0.15, 0.2) is 82.6 Å². The summed E-state index contributed by atoms with van der Waals surface area (Å²) in [6.07, 6.45) is 1.76. The van der Waals surface area contributed by atoms with Gasteiger partial charge in [-0.1, -0.05) is 48.2 Å². The number of benzene rings is 2. The lowest BCUT2D eigenvalue weighted by molar-refractivity contribution is 0.301. The minimum absolute atomic E-state index is 0.457. The van der Waals surface area contributed by atoms with Gasteiger partial charge >= 0.3 is 0 Å². The van der Waals surface area contributed by atoms with Crippen LogP contribution in [0, 0.1) is 6.92 Å². The maximum atomic E-state index is 5.79. The second kappa shape index (κ2) is 8.71.